The van der Waals surface area contributed by atoms with Crippen LogP contribution >= 0.6 is 11.8 Å². The van der Waals surface area contributed by atoms with Crippen molar-refractivity contribution in [2.24, 2.45) is 7.05 Å². The average Bonchev–Trinajstić information content (AvgIpc) is 3.10. The van der Waals surface area contributed by atoms with Crippen molar-refractivity contribution in [2.75, 3.05) is 11.1 Å². The Morgan fingerprint density at radius 2 is 1.90 bits per heavy atom. The van der Waals surface area contributed by atoms with Crippen LogP contribution in [0.1, 0.15) is 40.3 Å². The fourth-order valence-electron chi connectivity index (χ4n) is 3.02. The van der Waals surface area contributed by atoms with Gasteiger partial charge in [-0.25, -0.2) is 4.39 Å². The first-order valence-electron chi connectivity index (χ1n) is 9.71. The number of hydrogen-bond donors (Lipinski definition) is 2. The van der Waals surface area contributed by atoms with Gasteiger partial charge < -0.3 is 15.2 Å². The Balaban J connectivity index is 1.59. The van der Waals surface area contributed by atoms with Gasteiger partial charge >= 0.3 is 0 Å². The summed E-state index contributed by atoms with van der Waals surface area (Å²) in [5.41, 5.74) is 2.41. The Kier molecular flexibility index (Phi) is 7.06. The lowest BCUT2D eigenvalue weighted by atomic mass is 10.1. The van der Waals surface area contributed by atoms with Gasteiger partial charge in [0.1, 0.15) is 5.82 Å². The highest BCUT2D eigenvalue weighted by Crippen LogP contribution is 2.21. The second-order valence-electron chi connectivity index (χ2n) is 7.21. The van der Waals surface area contributed by atoms with Gasteiger partial charge in [-0.2, -0.15) is 0 Å². The molecule has 2 aromatic carbocycles. The molecule has 0 saturated carbocycles. The lowest BCUT2D eigenvalue weighted by Gasteiger charge is -2.14. The molecule has 162 valence electrons. The third-order valence-electron chi connectivity index (χ3n) is 4.76. The van der Waals surface area contributed by atoms with Crippen LogP contribution in [0.15, 0.2) is 47.6 Å². The summed E-state index contributed by atoms with van der Waals surface area (Å²) in [5, 5.41) is 14.5. The molecule has 0 unspecified atom stereocenters. The molecule has 0 aliphatic rings. The molecule has 0 aliphatic carbocycles. The smallest absolute Gasteiger partial charge is 0.251 e. The van der Waals surface area contributed by atoms with E-state index in [0.29, 0.717) is 27.8 Å². The van der Waals surface area contributed by atoms with Crippen LogP contribution in [0.4, 0.5) is 10.1 Å². The van der Waals surface area contributed by atoms with Crippen LogP contribution in [0.2, 0.25) is 0 Å². The van der Waals surface area contributed by atoms with Crippen molar-refractivity contribution < 1.29 is 14.0 Å². The van der Waals surface area contributed by atoms with Crippen LogP contribution in [0.3, 0.4) is 0 Å². The number of hydrogen-bond acceptors (Lipinski definition) is 5. The van der Waals surface area contributed by atoms with Gasteiger partial charge in [0.25, 0.3) is 5.91 Å². The Hall–Kier alpha value is -3.20. The summed E-state index contributed by atoms with van der Waals surface area (Å²) < 4.78 is 15.4. The van der Waals surface area contributed by atoms with Crippen LogP contribution in [-0.2, 0) is 11.8 Å². The summed E-state index contributed by atoms with van der Waals surface area (Å²) in [5.74, 6) is -0.177. The fourth-order valence-corrected chi connectivity index (χ4v) is 3.74. The van der Waals surface area contributed by atoms with Crippen LogP contribution in [-0.4, -0.2) is 32.3 Å². The minimum absolute atomic E-state index is 0.0892. The molecule has 31 heavy (non-hydrogen) atoms. The molecule has 3 rings (SSSR count). The maximum absolute atomic E-state index is 13.6. The lowest BCUT2D eigenvalue weighted by molar-refractivity contribution is -0.113. The Morgan fingerprint density at radius 1 is 1.16 bits per heavy atom. The molecule has 1 heterocycles. The molecule has 7 nitrogen and oxygen atoms in total. The molecule has 0 spiro atoms. The minimum atomic E-state index is -0.372. The third-order valence-corrected chi connectivity index (χ3v) is 5.78. The van der Waals surface area contributed by atoms with Crippen molar-refractivity contribution in [3.8, 4) is 0 Å². The molecular formula is C22H24FN5O2S. The van der Waals surface area contributed by atoms with Gasteiger partial charge in [-0.3, -0.25) is 9.59 Å². The molecule has 0 fully saturated rings. The Bertz CT molecular complexity index is 1120. The SMILES string of the molecule is Cc1cccc(C(=O)N[C@@H](C)c2nnc(SCC(=O)Nc3cccc(F)c3C)n2C)c1. The van der Waals surface area contributed by atoms with Gasteiger partial charge in [-0.05, 0) is 45.0 Å². The molecule has 0 aliphatic heterocycles. The molecule has 9 heteroatoms. The van der Waals surface area contributed by atoms with E-state index in [1.54, 1.807) is 36.7 Å². The zero-order chi connectivity index (χ0) is 22.5. The second kappa shape index (κ2) is 9.74. The van der Waals surface area contributed by atoms with Gasteiger partial charge in [0.15, 0.2) is 11.0 Å². The number of anilines is 1. The van der Waals surface area contributed by atoms with E-state index in [4.69, 9.17) is 0 Å². The molecule has 2 amide bonds. The van der Waals surface area contributed by atoms with Gasteiger partial charge in [-0.1, -0.05) is 35.5 Å². The number of carbonyl (C=O) groups is 2. The average molecular weight is 442 g/mol. The first-order valence-corrected chi connectivity index (χ1v) is 10.7. The summed E-state index contributed by atoms with van der Waals surface area (Å²) in [6.07, 6.45) is 0. The summed E-state index contributed by atoms with van der Waals surface area (Å²) in [6, 6.07) is 11.5. The molecule has 0 bridgehead atoms. The van der Waals surface area contributed by atoms with E-state index < -0.39 is 0 Å². The maximum Gasteiger partial charge on any atom is 0.251 e. The van der Waals surface area contributed by atoms with Crippen LogP contribution in [0.5, 0.6) is 0 Å². The predicted octanol–water partition coefficient (Wildman–Crippen LogP) is 3.79. The van der Waals surface area contributed by atoms with E-state index in [-0.39, 0.29) is 29.4 Å². The number of aromatic nitrogens is 3. The van der Waals surface area contributed by atoms with Gasteiger partial charge in [-0.15, -0.1) is 10.2 Å². The number of rotatable bonds is 7. The molecule has 3 aromatic rings. The molecular weight excluding hydrogens is 417 g/mol. The first kappa shape index (κ1) is 22.5. The molecule has 1 aromatic heterocycles. The number of nitrogens with zero attached hydrogens (tertiary/aromatic N) is 3. The number of carbonyl (C=O) groups excluding carboxylic acids is 2. The second-order valence-corrected chi connectivity index (χ2v) is 8.16. The summed E-state index contributed by atoms with van der Waals surface area (Å²) in [6.45, 7) is 5.36. The molecule has 0 radical (unpaired) electrons. The zero-order valence-electron chi connectivity index (χ0n) is 17.8. The van der Waals surface area contributed by atoms with Gasteiger partial charge in [0, 0.05) is 23.9 Å². The number of halogens is 1. The van der Waals surface area contributed by atoms with Crippen molar-refractivity contribution in [3.05, 3.63) is 70.8 Å². The number of nitrogens with one attached hydrogen (secondary N) is 2. The highest BCUT2D eigenvalue weighted by molar-refractivity contribution is 7.99. The van der Waals surface area contributed by atoms with Crippen LogP contribution in [0.25, 0.3) is 0 Å². The molecule has 2 N–H and O–H groups in total. The fraction of sp³-hybridized carbons (Fsp3) is 0.273. The normalized spacial score (nSPS) is 11.8. The topological polar surface area (TPSA) is 88.9 Å². The van der Waals surface area contributed by atoms with Crippen LogP contribution in [0, 0.1) is 19.7 Å². The van der Waals surface area contributed by atoms with Crippen molar-refractivity contribution in [2.45, 2.75) is 32.0 Å². The van der Waals surface area contributed by atoms with E-state index in [1.165, 1.54) is 17.8 Å². The predicted molar refractivity (Wildman–Crippen MR) is 119 cm³/mol. The van der Waals surface area contributed by atoms with E-state index in [2.05, 4.69) is 20.8 Å². The summed E-state index contributed by atoms with van der Waals surface area (Å²) in [4.78, 5) is 24.7. The highest BCUT2D eigenvalue weighted by atomic mass is 32.2. The zero-order valence-corrected chi connectivity index (χ0v) is 18.6. The summed E-state index contributed by atoms with van der Waals surface area (Å²) >= 11 is 1.21. The van der Waals surface area contributed by atoms with E-state index >= 15 is 0 Å². The quantitative estimate of drug-likeness (QED) is 0.545. The first-order chi connectivity index (χ1) is 14.8. The highest BCUT2D eigenvalue weighted by Gasteiger charge is 2.19. The molecule has 1 atom stereocenters. The van der Waals surface area contributed by atoms with Crippen molar-refractivity contribution in [1.82, 2.24) is 20.1 Å². The van der Waals surface area contributed by atoms with Gasteiger partial charge in [0.2, 0.25) is 5.91 Å². The van der Waals surface area contributed by atoms with Crippen LogP contribution < -0.4 is 10.6 Å². The largest absolute Gasteiger partial charge is 0.342 e. The monoisotopic (exact) mass is 441 g/mol. The van der Waals surface area contributed by atoms with E-state index in [9.17, 15) is 14.0 Å². The van der Waals surface area contributed by atoms with Crippen molar-refractivity contribution in [1.29, 1.82) is 0 Å². The van der Waals surface area contributed by atoms with E-state index in [0.717, 1.165) is 5.56 Å². The maximum atomic E-state index is 13.6. The standard InChI is InChI=1S/C22H24FN5O2S/c1-13-7-5-8-16(11-13)21(30)24-15(3)20-26-27-22(28(20)4)31-12-19(29)25-18-10-6-9-17(23)14(18)2/h5-11,15H,12H2,1-4H3,(H,24,30)(H,25,29)/t15-/m0/s1. The van der Waals surface area contributed by atoms with Crippen molar-refractivity contribution >= 4 is 29.3 Å². The Labute approximate surface area is 184 Å². The number of aryl methyl sites for hydroxylation is 1. The van der Waals surface area contributed by atoms with E-state index in [1.807, 2.05) is 32.0 Å². The molecule has 0 saturated heterocycles. The number of benzene rings is 2. The number of thioether (sulfide) groups is 1. The Morgan fingerprint density at radius 3 is 2.65 bits per heavy atom. The number of amides is 2. The third kappa shape index (κ3) is 5.49. The minimum Gasteiger partial charge on any atom is -0.342 e. The van der Waals surface area contributed by atoms with Gasteiger partial charge in [0.05, 0.1) is 11.8 Å². The lowest BCUT2D eigenvalue weighted by Crippen LogP contribution is -2.28. The summed E-state index contributed by atoms with van der Waals surface area (Å²) in [7, 11) is 1.78. The van der Waals surface area contributed by atoms with Crippen molar-refractivity contribution in [3.63, 3.8) is 0 Å².